The van der Waals surface area contributed by atoms with E-state index >= 15 is 0 Å². The van der Waals surface area contributed by atoms with Gasteiger partial charge in [0, 0.05) is 38.6 Å². The van der Waals surface area contributed by atoms with Gasteiger partial charge in [-0.3, -0.25) is 29.4 Å². The van der Waals surface area contributed by atoms with Crippen molar-refractivity contribution in [3.63, 3.8) is 0 Å². The first-order valence-corrected chi connectivity index (χ1v) is 8.59. The van der Waals surface area contributed by atoms with Gasteiger partial charge in [-0.15, -0.1) is 0 Å². The van der Waals surface area contributed by atoms with E-state index < -0.39 is 5.97 Å². The van der Waals surface area contributed by atoms with Crippen LogP contribution in [0.4, 0.5) is 0 Å². The Kier molecular flexibility index (Phi) is 8.38. The van der Waals surface area contributed by atoms with Gasteiger partial charge in [0.2, 0.25) is 0 Å². The van der Waals surface area contributed by atoms with Crippen LogP contribution in [0.25, 0.3) is 0 Å². The molecule has 0 aromatic carbocycles. The number of pyridine rings is 2. The largest absolute Gasteiger partial charge is 0.395 e. The van der Waals surface area contributed by atoms with Crippen molar-refractivity contribution in [1.29, 1.82) is 0 Å². The van der Waals surface area contributed by atoms with Crippen LogP contribution in [0.5, 0.6) is 0 Å². The summed E-state index contributed by atoms with van der Waals surface area (Å²) in [5.41, 5.74) is 1.96. The number of aromatic nitrogens is 2. The second kappa shape index (κ2) is 11.1. The Balaban J connectivity index is 1.98. The maximum atomic E-state index is 11.5. The lowest BCUT2D eigenvalue weighted by atomic mass is 10.2. The fourth-order valence-corrected chi connectivity index (χ4v) is 2.56. The molecular weight excluding hydrogens is 332 g/mol. The Morgan fingerprint density at radius 2 is 1.58 bits per heavy atom. The zero-order valence-corrected chi connectivity index (χ0v) is 15.0. The van der Waals surface area contributed by atoms with E-state index in [1.165, 1.54) is 0 Å². The molecule has 0 amide bonds. The molecule has 0 radical (unpaired) electrons. The zero-order chi connectivity index (χ0) is 18.6. The van der Waals surface area contributed by atoms with E-state index in [1.54, 1.807) is 12.4 Å². The first-order valence-electron chi connectivity index (χ1n) is 8.59. The van der Waals surface area contributed by atoms with E-state index in [0.29, 0.717) is 26.2 Å². The van der Waals surface area contributed by atoms with Gasteiger partial charge in [-0.1, -0.05) is 19.1 Å². The van der Waals surface area contributed by atoms with Crippen molar-refractivity contribution >= 4 is 12.4 Å². The number of likely N-dealkylation sites (N-methyl/N-ethyl adjacent to an activating group) is 1. The molecule has 0 aliphatic heterocycles. The number of carbonyl (C=O) groups is 2. The lowest BCUT2D eigenvalue weighted by Crippen LogP contribution is -2.38. The van der Waals surface area contributed by atoms with Crippen LogP contribution >= 0.6 is 0 Å². The maximum absolute atomic E-state index is 11.5. The summed E-state index contributed by atoms with van der Waals surface area (Å²) in [5.74, 6) is -0.539. The summed E-state index contributed by atoms with van der Waals surface area (Å²) in [7, 11) is 0. The van der Waals surface area contributed by atoms with Crippen molar-refractivity contribution in [2.75, 3.05) is 26.2 Å². The fraction of sp³-hybridized carbons (Fsp3) is 0.368. The molecule has 26 heavy (non-hydrogen) atoms. The molecule has 0 aliphatic rings. The average molecular weight is 356 g/mol. The van der Waals surface area contributed by atoms with Gasteiger partial charge in [-0.25, -0.2) is 0 Å². The van der Waals surface area contributed by atoms with E-state index in [0.717, 1.165) is 17.9 Å². The number of hydrogen-bond donors (Lipinski definition) is 0. The molecule has 0 unspecified atom stereocenters. The SMILES string of the molecule is CCN(CCN(Cc1ccccn1)Cc1ccccn1)CC(=O)OC=O. The quantitative estimate of drug-likeness (QED) is 0.343. The predicted molar refractivity (Wildman–Crippen MR) is 96.9 cm³/mol. The van der Waals surface area contributed by atoms with Crippen molar-refractivity contribution in [3.8, 4) is 0 Å². The first-order chi connectivity index (χ1) is 12.7. The van der Waals surface area contributed by atoms with Crippen molar-refractivity contribution in [2.24, 2.45) is 0 Å². The molecule has 0 spiro atoms. The van der Waals surface area contributed by atoms with E-state index in [4.69, 9.17) is 0 Å². The average Bonchev–Trinajstić information content (AvgIpc) is 2.66. The molecule has 0 N–H and O–H groups in total. The van der Waals surface area contributed by atoms with Crippen LogP contribution in [0.3, 0.4) is 0 Å². The van der Waals surface area contributed by atoms with Gasteiger partial charge in [-0.2, -0.15) is 0 Å². The van der Waals surface area contributed by atoms with Crippen LogP contribution in [0.15, 0.2) is 48.8 Å². The Morgan fingerprint density at radius 3 is 2.04 bits per heavy atom. The number of nitrogens with zero attached hydrogens (tertiary/aromatic N) is 4. The van der Waals surface area contributed by atoms with Gasteiger partial charge < -0.3 is 4.74 Å². The highest BCUT2D eigenvalue weighted by atomic mass is 16.6. The van der Waals surface area contributed by atoms with Crippen LogP contribution in [-0.2, 0) is 27.4 Å². The summed E-state index contributed by atoms with van der Waals surface area (Å²) in [6, 6.07) is 11.7. The smallest absolute Gasteiger partial charge is 0.327 e. The van der Waals surface area contributed by atoms with Gasteiger partial charge in [0.05, 0.1) is 17.9 Å². The van der Waals surface area contributed by atoms with Crippen molar-refractivity contribution in [3.05, 3.63) is 60.2 Å². The third-order valence-corrected chi connectivity index (χ3v) is 3.94. The maximum Gasteiger partial charge on any atom is 0.327 e. The van der Waals surface area contributed by atoms with Gasteiger partial charge in [0.25, 0.3) is 0 Å². The van der Waals surface area contributed by atoms with E-state index in [-0.39, 0.29) is 13.0 Å². The molecule has 0 saturated heterocycles. The molecule has 0 bridgehead atoms. The Hall–Kier alpha value is -2.64. The first kappa shape index (κ1) is 19.7. The molecular formula is C19H24N4O3. The minimum atomic E-state index is -0.539. The molecule has 138 valence electrons. The summed E-state index contributed by atoms with van der Waals surface area (Å²) >= 11 is 0. The monoisotopic (exact) mass is 356 g/mol. The highest BCUT2D eigenvalue weighted by molar-refractivity contribution is 5.78. The Bertz CT molecular complexity index is 625. The molecule has 2 heterocycles. The Morgan fingerprint density at radius 1 is 1.00 bits per heavy atom. The van der Waals surface area contributed by atoms with Crippen molar-refractivity contribution in [1.82, 2.24) is 19.8 Å². The zero-order valence-electron chi connectivity index (χ0n) is 15.0. The molecule has 2 aromatic heterocycles. The number of hydrogen-bond acceptors (Lipinski definition) is 7. The summed E-state index contributed by atoms with van der Waals surface area (Å²) in [6.07, 6.45) is 3.56. The Labute approximate surface area is 153 Å². The topological polar surface area (TPSA) is 75.6 Å². The van der Waals surface area contributed by atoms with Crippen LogP contribution in [-0.4, -0.2) is 58.4 Å². The van der Waals surface area contributed by atoms with Gasteiger partial charge in [0.15, 0.2) is 0 Å². The predicted octanol–water partition coefficient (Wildman–Crippen LogP) is 1.50. The molecule has 2 aromatic rings. The van der Waals surface area contributed by atoms with E-state index in [2.05, 4.69) is 19.6 Å². The molecule has 0 aliphatic carbocycles. The fourth-order valence-electron chi connectivity index (χ4n) is 2.56. The van der Waals surface area contributed by atoms with Crippen LogP contribution in [0.2, 0.25) is 0 Å². The number of rotatable bonds is 11. The third-order valence-electron chi connectivity index (χ3n) is 3.94. The number of carbonyl (C=O) groups excluding carboxylic acids is 2. The number of esters is 1. The molecule has 2 rings (SSSR count). The molecule has 7 nitrogen and oxygen atoms in total. The molecule has 0 fully saturated rings. The van der Waals surface area contributed by atoms with Gasteiger partial charge in [0.1, 0.15) is 0 Å². The van der Waals surface area contributed by atoms with E-state index in [1.807, 2.05) is 48.2 Å². The van der Waals surface area contributed by atoms with Gasteiger partial charge in [-0.05, 0) is 30.8 Å². The second-order valence-corrected chi connectivity index (χ2v) is 5.81. The second-order valence-electron chi connectivity index (χ2n) is 5.81. The highest BCUT2D eigenvalue weighted by Gasteiger charge is 2.14. The molecule has 0 atom stereocenters. The highest BCUT2D eigenvalue weighted by Crippen LogP contribution is 2.07. The summed E-state index contributed by atoms with van der Waals surface area (Å²) in [5, 5.41) is 0. The summed E-state index contributed by atoms with van der Waals surface area (Å²) < 4.78 is 4.38. The third kappa shape index (κ3) is 7.08. The summed E-state index contributed by atoms with van der Waals surface area (Å²) in [4.78, 5) is 34.7. The minimum Gasteiger partial charge on any atom is -0.395 e. The lowest BCUT2D eigenvalue weighted by molar-refractivity contribution is -0.152. The van der Waals surface area contributed by atoms with Crippen LogP contribution in [0.1, 0.15) is 18.3 Å². The standard InChI is InChI=1S/C19H24N4O3/c1-2-22(15-19(25)26-16-24)11-12-23(13-17-7-3-5-9-20-17)14-18-8-4-6-10-21-18/h3-10,16H,2,11-15H2,1H3. The van der Waals surface area contributed by atoms with Crippen LogP contribution < -0.4 is 0 Å². The van der Waals surface area contributed by atoms with Crippen molar-refractivity contribution in [2.45, 2.75) is 20.0 Å². The van der Waals surface area contributed by atoms with Crippen LogP contribution in [0, 0.1) is 0 Å². The van der Waals surface area contributed by atoms with Gasteiger partial charge >= 0.3 is 12.4 Å². The number of ether oxygens (including phenoxy) is 1. The molecule has 0 saturated carbocycles. The van der Waals surface area contributed by atoms with E-state index in [9.17, 15) is 9.59 Å². The van der Waals surface area contributed by atoms with Crippen molar-refractivity contribution < 1.29 is 14.3 Å². The minimum absolute atomic E-state index is 0.0935. The summed E-state index contributed by atoms with van der Waals surface area (Å²) in [6.45, 7) is 5.70. The normalized spacial score (nSPS) is 10.9. The lowest BCUT2D eigenvalue weighted by Gasteiger charge is -2.26. The molecule has 7 heteroatoms.